The lowest BCUT2D eigenvalue weighted by atomic mass is 10.1. The summed E-state index contributed by atoms with van der Waals surface area (Å²) in [4.78, 5) is 30.6. The van der Waals surface area contributed by atoms with Crippen molar-refractivity contribution in [1.82, 2.24) is 9.80 Å². The highest BCUT2D eigenvalue weighted by molar-refractivity contribution is 7.09. The zero-order chi connectivity index (χ0) is 33.5. The molecule has 8 nitrogen and oxygen atoms in total. The van der Waals surface area contributed by atoms with Crippen LogP contribution in [0.2, 0.25) is 0 Å². The van der Waals surface area contributed by atoms with E-state index < -0.39 is 53.8 Å². The van der Waals surface area contributed by atoms with Crippen molar-refractivity contribution in [2.45, 2.75) is 44.3 Å². The van der Waals surface area contributed by atoms with Gasteiger partial charge in [-0.2, -0.15) is 26.3 Å². The zero-order valence-corrected chi connectivity index (χ0v) is 25.9. The van der Waals surface area contributed by atoms with Gasteiger partial charge in [-0.05, 0) is 66.6 Å². The first-order valence-electron chi connectivity index (χ1n) is 14.2. The monoisotopic (exact) mass is 673 g/mol. The van der Waals surface area contributed by atoms with Gasteiger partial charge in [0.1, 0.15) is 6.54 Å². The quantitative estimate of drug-likeness (QED) is 0.208. The van der Waals surface area contributed by atoms with E-state index in [0.29, 0.717) is 49.5 Å². The molecule has 0 spiro atoms. The van der Waals surface area contributed by atoms with Crippen LogP contribution in [0.15, 0.2) is 53.9 Å². The van der Waals surface area contributed by atoms with Crippen molar-refractivity contribution in [3.8, 4) is 11.5 Å². The third-order valence-corrected chi connectivity index (χ3v) is 8.16. The number of carbonyl (C=O) groups excluding carboxylic acids is 2. The molecule has 0 bridgehead atoms. The fourth-order valence-corrected chi connectivity index (χ4v) is 5.65. The van der Waals surface area contributed by atoms with Crippen LogP contribution in [0.4, 0.5) is 36.8 Å². The minimum atomic E-state index is -5.09. The van der Waals surface area contributed by atoms with Crippen LogP contribution in [0.1, 0.15) is 34.4 Å². The van der Waals surface area contributed by atoms with E-state index in [1.54, 1.807) is 17.0 Å². The third-order valence-electron chi connectivity index (χ3n) is 7.30. The lowest BCUT2D eigenvalue weighted by Gasteiger charge is -2.29. The maximum Gasteiger partial charge on any atom is 0.416 e. The largest absolute Gasteiger partial charge is 0.493 e. The number of amides is 3. The van der Waals surface area contributed by atoms with Gasteiger partial charge in [0.2, 0.25) is 5.91 Å². The molecule has 1 atom stereocenters. The van der Waals surface area contributed by atoms with E-state index in [4.69, 9.17) is 14.2 Å². The second-order valence-electron chi connectivity index (χ2n) is 10.6. The lowest BCUT2D eigenvalue weighted by molar-refractivity contribution is -0.143. The second kappa shape index (κ2) is 15.1. The molecule has 2 heterocycles. The Kier molecular flexibility index (Phi) is 11.4. The summed E-state index contributed by atoms with van der Waals surface area (Å²) >= 11 is 1.43. The Morgan fingerprint density at radius 2 is 1.65 bits per heavy atom. The second-order valence-corrected chi connectivity index (χ2v) is 11.6. The van der Waals surface area contributed by atoms with Crippen LogP contribution < -0.4 is 14.8 Å². The number of hydrogen-bond donors (Lipinski definition) is 1. The van der Waals surface area contributed by atoms with E-state index in [-0.39, 0.29) is 25.7 Å². The average molecular weight is 674 g/mol. The first kappa shape index (κ1) is 34.9. The summed E-state index contributed by atoms with van der Waals surface area (Å²) in [7, 11) is 3.02. The molecule has 1 N–H and O–H groups in total. The molecule has 46 heavy (non-hydrogen) atoms. The van der Waals surface area contributed by atoms with Crippen LogP contribution in [0.5, 0.6) is 11.5 Å². The smallest absolute Gasteiger partial charge is 0.416 e. The van der Waals surface area contributed by atoms with Crippen LogP contribution in [0.25, 0.3) is 0 Å². The highest BCUT2D eigenvalue weighted by Crippen LogP contribution is 2.37. The number of carbonyl (C=O) groups is 2. The standard InChI is InChI=1S/C31H33F6N3O5S/c1-43-26-8-7-20(13-27(26)44-2)9-10-39(18-25-6-4-12-46-25)28(41)19-40(17-24-5-3-11-45-24)29(42)38-23-15-21(30(32,33)34)14-22(16-23)31(35,36)37/h4,6-8,12-16,24H,3,5,9-11,17-19H2,1-2H3,(H,38,42). The number of hydrogen-bond acceptors (Lipinski definition) is 6. The van der Waals surface area contributed by atoms with E-state index in [1.165, 1.54) is 25.6 Å². The van der Waals surface area contributed by atoms with Crippen molar-refractivity contribution >= 4 is 29.0 Å². The van der Waals surface area contributed by atoms with Gasteiger partial charge in [-0.3, -0.25) is 4.79 Å². The maximum atomic E-state index is 13.8. The Labute approximate surface area is 265 Å². The summed E-state index contributed by atoms with van der Waals surface area (Å²) in [6.45, 7) is 0.303. The molecule has 1 aliphatic rings. The molecule has 3 aromatic rings. The van der Waals surface area contributed by atoms with Gasteiger partial charge in [0.25, 0.3) is 0 Å². The van der Waals surface area contributed by atoms with Crippen LogP contribution in [-0.4, -0.2) is 68.3 Å². The number of ether oxygens (including phenoxy) is 3. The molecule has 1 aliphatic heterocycles. The van der Waals surface area contributed by atoms with Crippen LogP contribution >= 0.6 is 11.3 Å². The Bertz CT molecular complexity index is 1440. The van der Waals surface area contributed by atoms with Crippen molar-refractivity contribution in [2.24, 2.45) is 0 Å². The van der Waals surface area contributed by atoms with Crippen LogP contribution in [0.3, 0.4) is 0 Å². The predicted octanol–water partition coefficient (Wildman–Crippen LogP) is 7.09. The number of anilines is 1. The normalized spacial score (nSPS) is 15.0. The SMILES string of the molecule is COc1ccc(CCN(Cc2cccs2)C(=O)CN(CC2CCCO2)C(=O)Nc2cc(C(F)(F)F)cc(C(F)(F)F)c2)cc1OC. The van der Waals surface area contributed by atoms with E-state index in [2.05, 4.69) is 5.32 Å². The Morgan fingerprint density at radius 1 is 0.957 bits per heavy atom. The number of nitrogens with zero attached hydrogens (tertiary/aromatic N) is 2. The van der Waals surface area contributed by atoms with Gasteiger partial charge >= 0.3 is 18.4 Å². The molecule has 2 aromatic carbocycles. The number of halogens is 6. The first-order chi connectivity index (χ1) is 21.8. The Balaban J connectivity index is 1.56. The summed E-state index contributed by atoms with van der Waals surface area (Å²) in [5, 5.41) is 4.00. The number of nitrogens with one attached hydrogen (secondary N) is 1. The van der Waals surface area contributed by atoms with Crippen molar-refractivity contribution in [2.75, 3.05) is 45.8 Å². The van der Waals surface area contributed by atoms with Gasteiger partial charge in [0.05, 0.1) is 38.0 Å². The minimum Gasteiger partial charge on any atom is -0.493 e. The van der Waals surface area contributed by atoms with Gasteiger partial charge in [0, 0.05) is 30.3 Å². The van der Waals surface area contributed by atoms with Gasteiger partial charge < -0.3 is 29.3 Å². The maximum absolute atomic E-state index is 13.8. The zero-order valence-electron chi connectivity index (χ0n) is 25.0. The molecule has 1 fully saturated rings. The summed E-state index contributed by atoms with van der Waals surface area (Å²) < 4.78 is 96.8. The third kappa shape index (κ3) is 9.52. The van der Waals surface area contributed by atoms with Gasteiger partial charge in [-0.15, -0.1) is 11.3 Å². The fourth-order valence-electron chi connectivity index (χ4n) is 4.93. The van der Waals surface area contributed by atoms with Crippen LogP contribution in [-0.2, 0) is 34.8 Å². The van der Waals surface area contributed by atoms with Crippen molar-refractivity contribution in [3.63, 3.8) is 0 Å². The van der Waals surface area contributed by atoms with Gasteiger partial charge in [-0.1, -0.05) is 12.1 Å². The highest BCUT2D eigenvalue weighted by atomic mass is 32.1. The van der Waals surface area contributed by atoms with Gasteiger partial charge in [-0.25, -0.2) is 4.79 Å². The Morgan fingerprint density at radius 3 is 2.22 bits per heavy atom. The number of rotatable bonds is 12. The molecule has 15 heteroatoms. The number of benzene rings is 2. The lowest BCUT2D eigenvalue weighted by Crippen LogP contribution is -2.47. The van der Waals surface area contributed by atoms with Crippen LogP contribution in [0, 0.1) is 0 Å². The minimum absolute atomic E-state index is 0.0236. The molecule has 250 valence electrons. The predicted molar refractivity (Wildman–Crippen MR) is 159 cm³/mol. The van der Waals surface area contributed by atoms with E-state index in [1.807, 2.05) is 23.6 Å². The number of urea groups is 1. The van der Waals surface area contributed by atoms with Crippen molar-refractivity contribution < 1.29 is 50.1 Å². The summed E-state index contributed by atoms with van der Waals surface area (Å²) in [5.41, 5.74) is -3.00. The molecule has 1 aromatic heterocycles. The number of alkyl halides is 6. The van der Waals surface area contributed by atoms with E-state index in [9.17, 15) is 35.9 Å². The summed E-state index contributed by atoms with van der Waals surface area (Å²) in [6.07, 6.45) is -8.96. The van der Waals surface area contributed by atoms with Crippen molar-refractivity contribution in [3.05, 3.63) is 75.5 Å². The molecule has 1 saturated heterocycles. The Hall–Kier alpha value is -3.98. The molecular weight excluding hydrogens is 640 g/mol. The van der Waals surface area contributed by atoms with E-state index in [0.717, 1.165) is 15.3 Å². The molecule has 0 aliphatic carbocycles. The average Bonchev–Trinajstić information content (AvgIpc) is 3.72. The van der Waals surface area contributed by atoms with E-state index >= 15 is 0 Å². The summed E-state index contributed by atoms with van der Waals surface area (Å²) in [5.74, 6) is 0.581. The highest BCUT2D eigenvalue weighted by Gasteiger charge is 2.37. The first-order valence-corrected chi connectivity index (χ1v) is 15.1. The number of thiophene rings is 1. The molecule has 3 amide bonds. The summed E-state index contributed by atoms with van der Waals surface area (Å²) in [6, 6.07) is 8.83. The van der Waals surface area contributed by atoms with Gasteiger partial charge in [0.15, 0.2) is 11.5 Å². The molecule has 0 radical (unpaired) electrons. The molecule has 0 saturated carbocycles. The van der Waals surface area contributed by atoms with Crippen molar-refractivity contribution in [1.29, 1.82) is 0 Å². The fraction of sp³-hybridized carbons (Fsp3) is 0.419. The molecular formula is C31H33F6N3O5S. The topological polar surface area (TPSA) is 80.3 Å². The molecule has 1 unspecified atom stereocenters. The number of methoxy groups -OCH3 is 2. The molecule has 4 rings (SSSR count).